The van der Waals surface area contributed by atoms with Crippen molar-refractivity contribution in [1.29, 1.82) is 0 Å². The first-order valence-corrected chi connectivity index (χ1v) is 11.6. The molecule has 0 heterocycles. The number of hydrogen-bond donors (Lipinski definition) is 0. The van der Waals surface area contributed by atoms with Crippen LogP contribution in [0.25, 0.3) is 32.7 Å². The van der Waals surface area contributed by atoms with E-state index in [0.29, 0.717) is 28.2 Å². The van der Waals surface area contributed by atoms with E-state index in [1.165, 1.54) is 19.2 Å². The van der Waals surface area contributed by atoms with E-state index in [0.717, 1.165) is 33.4 Å². The molecule has 5 aromatic carbocycles. The van der Waals surface area contributed by atoms with Crippen LogP contribution in [-0.4, -0.2) is 25.1 Å². The van der Waals surface area contributed by atoms with Crippen LogP contribution in [0.5, 0.6) is 11.5 Å². The minimum absolute atomic E-state index is 0.000218. The molecule has 7 heteroatoms. The predicted octanol–water partition coefficient (Wildman–Crippen LogP) is 6.94. The highest BCUT2D eigenvalue weighted by atomic mass is 16.7. The number of nitrogens with zero attached hydrogens (tertiary/aromatic N) is 1. The van der Waals surface area contributed by atoms with E-state index in [1.807, 2.05) is 60.7 Å². The number of fused-ring (bicyclic) bond motifs is 2. The van der Waals surface area contributed by atoms with Crippen LogP contribution < -0.4 is 9.47 Å². The summed E-state index contributed by atoms with van der Waals surface area (Å²) in [5.41, 5.74) is 2.52. The van der Waals surface area contributed by atoms with Crippen LogP contribution in [0.15, 0.2) is 91.0 Å². The van der Waals surface area contributed by atoms with Crippen LogP contribution in [0, 0.1) is 10.1 Å². The topological polar surface area (TPSA) is 87.9 Å². The number of aldehydes is 1. The molecule has 0 aliphatic heterocycles. The number of methoxy groups -OCH3 is 1. The number of hydrogen-bond acceptors (Lipinski definition) is 6. The summed E-state index contributed by atoms with van der Waals surface area (Å²) in [6, 6.07) is 27.7. The van der Waals surface area contributed by atoms with Crippen molar-refractivity contribution >= 4 is 33.5 Å². The number of rotatable bonds is 9. The maximum atomic E-state index is 12.2. The highest BCUT2D eigenvalue weighted by molar-refractivity contribution is 6.12. The molecule has 0 radical (unpaired) electrons. The normalized spacial score (nSPS) is 10.9. The number of carbonyl (C=O) groups excluding carboxylic acids is 1. The summed E-state index contributed by atoms with van der Waals surface area (Å²) in [7, 11) is 1.52. The molecule has 0 N–H and O–H groups in total. The Morgan fingerprint density at radius 1 is 0.811 bits per heavy atom. The van der Waals surface area contributed by atoms with Gasteiger partial charge in [-0.05, 0) is 39.2 Å². The fourth-order valence-corrected chi connectivity index (χ4v) is 4.51. The van der Waals surface area contributed by atoms with Crippen molar-refractivity contribution in [3.8, 4) is 22.6 Å². The lowest BCUT2D eigenvalue weighted by atomic mass is 9.90. The first kappa shape index (κ1) is 24.0. The lowest BCUT2D eigenvalue weighted by Crippen LogP contribution is -2.05. The van der Waals surface area contributed by atoms with Crippen molar-refractivity contribution in [3.05, 3.63) is 112 Å². The number of ether oxygens (including phenoxy) is 3. The van der Waals surface area contributed by atoms with Gasteiger partial charge in [-0.3, -0.25) is 14.9 Å². The van der Waals surface area contributed by atoms with Gasteiger partial charge in [-0.2, -0.15) is 0 Å². The SMILES string of the molecule is COCOc1c(C=O)cc2ccccc2c1-c1c(OCc2cccc([N+](=O)[O-])c2)ccc2ccccc12. The summed E-state index contributed by atoms with van der Waals surface area (Å²) in [6.07, 6.45) is 0.774. The number of benzene rings is 5. The van der Waals surface area contributed by atoms with Crippen LogP contribution in [-0.2, 0) is 11.3 Å². The zero-order chi connectivity index (χ0) is 25.8. The smallest absolute Gasteiger partial charge is 0.269 e. The molecule has 184 valence electrons. The summed E-state index contributed by atoms with van der Waals surface area (Å²) in [5, 5.41) is 14.9. The number of nitro benzene ring substituents is 1. The molecule has 0 fully saturated rings. The van der Waals surface area contributed by atoms with Gasteiger partial charge in [0.05, 0.1) is 10.5 Å². The quantitative estimate of drug-likeness (QED) is 0.0956. The second kappa shape index (κ2) is 10.5. The van der Waals surface area contributed by atoms with E-state index in [2.05, 4.69) is 0 Å². The largest absolute Gasteiger partial charge is 0.488 e. The van der Waals surface area contributed by atoms with E-state index in [4.69, 9.17) is 14.2 Å². The highest BCUT2D eigenvalue weighted by Gasteiger charge is 2.22. The van der Waals surface area contributed by atoms with Gasteiger partial charge >= 0.3 is 0 Å². The highest BCUT2D eigenvalue weighted by Crippen LogP contribution is 2.47. The zero-order valence-corrected chi connectivity index (χ0v) is 20.0. The number of nitro groups is 1. The molecule has 0 aromatic heterocycles. The van der Waals surface area contributed by atoms with Gasteiger partial charge in [-0.25, -0.2) is 0 Å². The third-order valence-electron chi connectivity index (χ3n) is 6.13. The van der Waals surface area contributed by atoms with Gasteiger partial charge in [-0.15, -0.1) is 0 Å². The van der Waals surface area contributed by atoms with Crippen LogP contribution in [0.2, 0.25) is 0 Å². The Morgan fingerprint density at radius 2 is 1.54 bits per heavy atom. The van der Waals surface area contributed by atoms with E-state index >= 15 is 0 Å². The summed E-state index contributed by atoms with van der Waals surface area (Å²) in [5.74, 6) is 0.952. The fraction of sp³-hybridized carbons (Fsp3) is 0.100. The maximum Gasteiger partial charge on any atom is 0.269 e. The van der Waals surface area contributed by atoms with E-state index < -0.39 is 4.92 Å². The van der Waals surface area contributed by atoms with Gasteiger partial charge < -0.3 is 14.2 Å². The van der Waals surface area contributed by atoms with Gasteiger partial charge in [0.1, 0.15) is 18.1 Å². The Kier molecular flexibility index (Phi) is 6.78. The average molecular weight is 494 g/mol. The molecule has 0 saturated heterocycles. The monoisotopic (exact) mass is 493 g/mol. The predicted molar refractivity (Wildman–Crippen MR) is 142 cm³/mol. The molecule has 5 aromatic rings. The summed E-state index contributed by atoms with van der Waals surface area (Å²) in [4.78, 5) is 23.0. The first-order chi connectivity index (χ1) is 18.1. The Labute approximate surface area is 213 Å². The minimum Gasteiger partial charge on any atom is -0.488 e. The van der Waals surface area contributed by atoms with E-state index in [1.54, 1.807) is 18.2 Å². The molecule has 0 unspecified atom stereocenters. The zero-order valence-electron chi connectivity index (χ0n) is 20.0. The average Bonchev–Trinajstić information content (AvgIpc) is 2.94. The van der Waals surface area contributed by atoms with Gasteiger partial charge in [0, 0.05) is 30.4 Å². The standard InChI is InChI=1S/C30H23NO6/c1-35-19-37-30-23(17-32)16-22-9-3-5-12-26(22)29(30)28-25-11-4-2-8-21(25)13-14-27(28)36-18-20-7-6-10-24(15-20)31(33)34/h2-17H,18-19H2,1H3. The fourth-order valence-electron chi connectivity index (χ4n) is 4.51. The number of non-ortho nitro benzene ring substituents is 1. The third kappa shape index (κ3) is 4.72. The second-order valence-electron chi connectivity index (χ2n) is 8.44. The van der Waals surface area contributed by atoms with Crippen molar-refractivity contribution < 1.29 is 23.9 Å². The Hall–Kier alpha value is -4.75. The molecule has 0 aliphatic carbocycles. The van der Waals surface area contributed by atoms with Crippen LogP contribution >= 0.6 is 0 Å². The van der Waals surface area contributed by atoms with Crippen molar-refractivity contribution in [2.75, 3.05) is 13.9 Å². The molecule has 0 amide bonds. The Morgan fingerprint density at radius 3 is 2.27 bits per heavy atom. The van der Waals surface area contributed by atoms with Crippen molar-refractivity contribution in [3.63, 3.8) is 0 Å². The van der Waals surface area contributed by atoms with E-state index in [-0.39, 0.29) is 19.1 Å². The Balaban J connectivity index is 1.75. The molecule has 0 saturated carbocycles. The molecule has 7 nitrogen and oxygen atoms in total. The summed E-state index contributed by atoms with van der Waals surface area (Å²) < 4.78 is 17.5. The van der Waals surface area contributed by atoms with Crippen molar-refractivity contribution in [1.82, 2.24) is 0 Å². The summed E-state index contributed by atoms with van der Waals surface area (Å²) >= 11 is 0. The lowest BCUT2D eigenvalue weighted by molar-refractivity contribution is -0.384. The number of carbonyl (C=O) groups is 1. The molecule has 0 spiro atoms. The molecule has 0 bridgehead atoms. The van der Waals surface area contributed by atoms with Gasteiger partial charge in [0.25, 0.3) is 5.69 Å². The molecular formula is C30H23NO6. The van der Waals surface area contributed by atoms with Crippen molar-refractivity contribution in [2.45, 2.75) is 6.61 Å². The van der Waals surface area contributed by atoms with Gasteiger partial charge in [0.15, 0.2) is 13.1 Å². The van der Waals surface area contributed by atoms with Crippen LogP contribution in [0.1, 0.15) is 15.9 Å². The molecular weight excluding hydrogens is 470 g/mol. The lowest BCUT2D eigenvalue weighted by Gasteiger charge is -2.20. The molecule has 0 aliphatic rings. The molecule has 37 heavy (non-hydrogen) atoms. The molecule has 0 atom stereocenters. The first-order valence-electron chi connectivity index (χ1n) is 11.6. The maximum absolute atomic E-state index is 12.2. The van der Waals surface area contributed by atoms with Crippen LogP contribution in [0.4, 0.5) is 5.69 Å². The Bertz CT molecular complexity index is 1630. The third-order valence-corrected chi connectivity index (χ3v) is 6.13. The van der Waals surface area contributed by atoms with Gasteiger partial charge in [0.2, 0.25) is 0 Å². The van der Waals surface area contributed by atoms with E-state index in [9.17, 15) is 14.9 Å². The second-order valence-corrected chi connectivity index (χ2v) is 8.44. The van der Waals surface area contributed by atoms with Crippen molar-refractivity contribution in [2.24, 2.45) is 0 Å². The minimum atomic E-state index is -0.429. The van der Waals surface area contributed by atoms with Gasteiger partial charge in [-0.1, -0.05) is 66.7 Å². The van der Waals surface area contributed by atoms with Crippen LogP contribution in [0.3, 0.4) is 0 Å². The summed E-state index contributed by atoms with van der Waals surface area (Å²) in [6.45, 7) is 0.0768. The molecule has 5 rings (SSSR count).